The van der Waals surface area contributed by atoms with Gasteiger partial charge in [0.25, 0.3) is 0 Å². The van der Waals surface area contributed by atoms with E-state index in [1.807, 2.05) is 0 Å². The predicted octanol–water partition coefficient (Wildman–Crippen LogP) is 18.5. The van der Waals surface area contributed by atoms with Crippen LogP contribution < -0.4 is 4.90 Å². The van der Waals surface area contributed by atoms with Crippen molar-refractivity contribution in [2.75, 3.05) is 4.90 Å². The topological polar surface area (TPSA) is 8.17 Å². The largest absolute Gasteiger partial charge is 0.310 e. The van der Waals surface area contributed by atoms with Crippen molar-refractivity contribution in [3.63, 3.8) is 0 Å². The lowest BCUT2D eigenvalue weighted by atomic mass is 9.82. The van der Waals surface area contributed by atoms with Crippen LogP contribution >= 0.6 is 0 Å². The van der Waals surface area contributed by atoms with Gasteiger partial charge in [0.2, 0.25) is 0 Å². The second kappa shape index (κ2) is 15.2. The Labute approximate surface area is 401 Å². The van der Waals surface area contributed by atoms with E-state index in [9.17, 15) is 0 Å². The van der Waals surface area contributed by atoms with Crippen LogP contribution in [0.4, 0.5) is 17.1 Å². The first-order valence-corrected chi connectivity index (χ1v) is 24.1. The number of anilines is 3. The third kappa shape index (κ3) is 5.98. The summed E-state index contributed by atoms with van der Waals surface area (Å²) in [7, 11) is 0. The van der Waals surface area contributed by atoms with Crippen molar-refractivity contribution in [1.82, 2.24) is 4.57 Å². The average molecular weight is 879 g/mol. The van der Waals surface area contributed by atoms with Gasteiger partial charge in [-0.25, -0.2) is 0 Å². The van der Waals surface area contributed by atoms with E-state index in [0.29, 0.717) is 0 Å². The number of rotatable bonds is 6. The molecule has 0 amide bonds. The Morgan fingerprint density at radius 1 is 0.333 bits per heavy atom. The fraction of sp³-hybridized carbons (Fsp3) is 0.0448. The van der Waals surface area contributed by atoms with Crippen molar-refractivity contribution in [1.29, 1.82) is 0 Å². The summed E-state index contributed by atoms with van der Waals surface area (Å²) in [6.07, 6.45) is 0. The zero-order valence-corrected chi connectivity index (χ0v) is 38.5. The quantitative estimate of drug-likeness (QED) is 0.151. The lowest BCUT2D eigenvalue weighted by molar-refractivity contribution is 0.660. The molecule has 324 valence electrons. The zero-order valence-electron chi connectivity index (χ0n) is 38.5. The standard InChI is InChI=1S/C67H46N2/c1-67(2)62-28-16-15-27-57(62)58-37-34-49(41-63(58)67)68(47-31-29-44(30-32-47)43-17-5-3-6-18-43)50-35-38-59-64(42-50)69(66-51-22-10-9-21-46(51)39-60(65(59)66)45-19-7-4-8-20-45)48-33-36-56-54-25-12-11-23-52(54)53-24-13-14-26-55(53)61(56)40-48/h3-42H,1-2H3. The molecule has 0 spiro atoms. The lowest BCUT2D eigenvalue weighted by Gasteiger charge is -2.28. The van der Waals surface area contributed by atoms with Crippen LogP contribution in [0.25, 0.3) is 104 Å². The van der Waals surface area contributed by atoms with Gasteiger partial charge in [0.05, 0.1) is 11.0 Å². The van der Waals surface area contributed by atoms with Crippen molar-refractivity contribution in [2.45, 2.75) is 19.3 Å². The number of nitrogens with zero attached hydrogens (tertiary/aromatic N) is 2. The van der Waals surface area contributed by atoms with Crippen LogP contribution in [0.3, 0.4) is 0 Å². The monoisotopic (exact) mass is 878 g/mol. The highest BCUT2D eigenvalue weighted by Gasteiger charge is 2.36. The van der Waals surface area contributed by atoms with E-state index in [2.05, 4.69) is 266 Å². The molecule has 69 heavy (non-hydrogen) atoms. The molecule has 0 N–H and O–H groups in total. The molecule has 0 saturated heterocycles. The Morgan fingerprint density at radius 3 is 1.58 bits per heavy atom. The Bertz CT molecular complexity index is 4160. The molecular formula is C67H46N2. The molecule has 0 bridgehead atoms. The van der Waals surface area contributed by atoms with Gasteiger partial charge in [-0.2, -0.15) is 0 Å². The minimum absolute atomic E-state index is 0.151. The van der Waals surface area contributed by atoms with Crippen LogP contribution in [0.15, 0.2) is 243 Å². The maximum absolute atomic E-state index is 2.56. The van der Waals surface area contributed by atoms with Crippen molar-refractivity contribution < 1.29 is 0 Å². The predicted molar refractivity (Wildman–Crippen MR) is 294 cm³/mol. The number of aromatic nitrogens is 1. The molecule has 2 heteroatoms. The highest BCUT2D eigenvalue weighted by atomic mass is 15.1. The Hall–Kier alpha value is -8.72. The molecule has 1 heterocycles. The SMILES string of the molecule is CC1(C)c2ccccc2-c2ccc(N(c3ccc(-c4ccccc4)cc3)c3ccc4c5c(-c6ccccc6)cc6ccccc6c5n(-c5ccc6c7ccccc7c7ccccc7c6c5)c4c3)cc21. The van der Waals surface area contributed by atoms with E-state index >= 15 is 0 Å². The highest BCUT2D eigenvalue weighted by Crippen LogP contribution is 2.52. The summed E-state index contributed by atoms with van der Waals surface area (Å²) in [4.78, 5) is 2.46. The molecule has 14 rings (SSSR count). The van der Waals surface area contributed by atoms with Crippen LogP contribution in [0.5, 0.6) is 0 Å². The molecule has 0 aliphatic heterocycles. The fourth-order valence-corrected chi connectivity index (χ4v) is 11.9. The third-order valence-electron chi connectivity index (χ3n) is 15.1. The van der Waals surface area contributed by atoms with Crippen LogP contribution in [0.1, 0.15) is 25.0 Å². The van der Waals surface area contributed by atoms with E-state index in [0.717, 1.165) is 28.3 Å². The Kier molecular flexibility index (Phi) is 8.66. The molecule has 13 aromatic rings. The van der Waals surface area contributed by atoms with Crippen molar-refractivity contribution in [3.8, 4) is 39.1 Å². The molecule has 1 aliphatic rings. The second-order valence-electron chi connectivity index (χ2n) is 19.2. The average Bonchev–Trinajstić information content (AvgIpc) is 3.87. The summed E-state index contributed by atoms with van der Waals surface area (Å²) in [5.41, 5.74) is 16.8. The lowest BCUT2D eigenvalue weighted by Crippen LogP contribution is -2.16. The highest BCUT2D eigenvalue weighted by molar-refractivity contribution is 6.27. The third-order valence-corrected chi connectivity index (χ3v) is 15.1. The fourth-order valence-electron chi connectivity index (χ4n) is 11.9. The van der Waals surface area contributed by atoms with Crippen LogP contribution in [0.2, 0.25) is 0 Å². The Balaban J connectivity index is 1.07. The van der Waals surface area contributed by atoms with E-state index in [4.69, 9.17) is 0 Å². The van der Waals surface area contributed by atoms with Gasteiger partial charge in [0.1, 0.15) is 0 Å². The van der Waals surface area contributed by atoms with Crippen molar-refractivity contribution >= 4 is 82.0 Å². The summed E-state index contributed by atoms with van der Waals surface area (Å²) in [6, 6.07) is 90.1. The summed E-state index contributed by atoms with van der Waals surface area (Å²) in [5, 5.41) is 12.5. The van der Waals surface area contributed by atoms with E-state index in [-0.39, 0.29) is 5.41 Å². The smallest absolute Gasteiger partial charge is 0.0625 e. The molecule has 2 nitrogen and oxygen atoms in total. The molecule has 0 fully saturated rings. The molecular weight excluding hydrogens is 833 g/mol. The molecule has 1 aliphatic carbocycles. The summed E-state index contributed by atoms with van der Waals surface area (Å²) < 4.78 is 2.56. The normalized spacial score (nSPS) is 12.9. The van der Waals surface area contributed by atoms with E-state index < -0.39 is 0 Å². The van der Waals surface area contributed by atoms with Crippen molar-refractivity contribution in [3.05, 3.63) is 254 Å². The van der Waals surface area contributed by atoms with Gasteiger partial charge in [-0.05, 0) is 137 Å². The number of hydrogen-bond donors (Lipinski definition) is 0. The maximum Gasteiger partial charge on any atom is 0.0625 e. The number of benzene rings is 12. The molecule has 0 atom stereocenters. The zero-order chi connectivity index (χ0) is 45.8. The van der Waals surface area contributed by atoms with Gasteiger partial charge in [-0.3, -0.25) is 0 Å². The first-order valence-electron chi connectivity index (χ1n) is 24.1. The van der Waals surface area contributed by atoms with Crippen molar-refractivity contribution in [2.24, 2.45) is 0 Å². The molecule has 12 aromatic carbocycles. The van der Waals surface area contributed by atoms with Gasteiger partial charge in [0, 0.05) is 44.3 Å². The van der Waals surface area contributed by atoms with Gasteiger partial charge in [0.15, 0.2) is 0 Å². The maximum atomic E-state index is 2.56. The second-order valence-corrected chi connectivity index (χ2v) is 19.2. The van der Waals surface area contributed by atoms with E-state index in [1.54, 1.807) is 0 Å². The minimum Gasteiger partial charge on any atom is -0.310 e. The molecule has 0 unspecified atom stereocenters. The Morgan fingerprint density at radius 2 is 0.855 bits per heavy atom. The molecule has 0 radical (unpaired) electrons. The van der Waals surface area contributed by atoms with Crippen LogP contribution in [-0.2, 0) is 5.41 Å². The van der Waals surface area contributed by atoms with Crippen LogP contribution in [0, 0.1) is 0 Å². The number of fused-ring (bicyclic) bond motifs is 14. The molecule has 1 aromatic heterocycles. The van der Waals surface area contributed by atoms with Gasteiger partial charge in [-0.15, -0.1) is 0 Å². The van der Waals surface area contributed by atoms with Crippen LogP contribution in [-0.4, -0.2) is 4.57 Å². The first kappa shape index (κ1) is 39.4. The first-order chi connectivity index (χ1) is 34.0. The van der Waals surface area contributed by atoms with Gasteiger partial charge < -0.3 is 9.47 Å². The van der Waals surface area contributed by atoms with Gasteiger partial charge >= 0.3 is 0 Å². The summed E-state index contributed by atoms with van der Waals surface area (Å²) in [5.74, 6) is 0. The summed E-state index contributed by atoms with van der Waals surface area (Å²) in [6.45, 7) is 4.74. The molecule has 0 saturated carbocycles. The van der Waals surface area contributed by atoms with Gasteiger partial charge in [-0.1, -0.05) is 202 Å². The van der Waals surface area contributed by atoms with E-state index in [1.165, 1.54) is 104 Å². The number of hydrogen-bond acceptors (Lipinski definition) is 1. The summed E-state index contributed by atoms with van der Waals surface area (Å²) >= 11 is 0. The minimum atomic E-state index is -0.151.